The summed E-state index contributed by atoms with van der Waals surface area (Å²) in [6.45, 7) is 0. The van der Waals surface area contributed by atoms with Crippen LogP contribution in [0, 0.1) is 11.8 Å². The molecule has 3 fully saturated rings. The smallest absolute Gasteiger partial charge is 0.340 e. The van der Waals surface area contributed by atoms with Gasteiger partial charge in [-0.1, -0.05) is 30.3 Å². The molecule has 2 bridgehead atoms. The SMILES string of the molecule is O=C1OC2(CC3SC2C2CCCC32)Sc2ccccc21. The van der Waals surface area contributed by atoms with Crippen LogP contribution in [-0.2, 0) is 4.74 Å². The monoisotopic (exact) mass is 304 g/mol. The highest BCUT2D eigenvalue weighted by Gasteiger charge is 2.65. The second-order valence-corrected chi connectivity index (χ2v) is 9.08. The Morgan fingerprint density at radius 3 is 3.00 bits per heavy atom. The Morgan fingerprint density at radius 1 is 1.20 bits per heavy atom. The van der Waals surface area contributed by atoms with E-state index in [0.29, 0.717) is 5.25 Å². The normalized spacial score (nSPS) is 44.5. The maximum Gasteiger partial charge on any atom is 0.340 e. The molecule has 1 spiro atoms. The molecule has 0 radical (unpaired) electrons. The van der Waals surface area contributed by atoms with Crippen LogP contribution in [0.3, 0.4) is 0 Å². The molecular formula is C16H16O2S2. The molecule has 2 nitrogen and oxygen atoms in total. The first-order chi connectivity index (χ1) is 9.77. The Labute approximate surface area is 127 Å². The highest BCUT2D eigenvalue weighted by Crippen LogP contribution is 2.68. The van der Waals surface area contributed by atoms with Crippen LogP contribution in [0.1, 0.15) is 36.0 Å². The van der Waals surface area contributed by atoms with Crippen molar-refractivity contribution < 1.29 is 9.53 Å². The molecule has 0 amide bonds. The molecule has 4 heteroatoms. The van der Waals surface area contributed by atoms with Crippen molar-refractivity contribution in [1.82, 2.24) is 0 Å². The second kappa shape index (κ2) is 3.98. The van der Waals surface area contributed by atoms with Crippen LogP contribution < -0.4 is 0 Å². The molecule has 5 atom stereocenters. The number of benzene rings is 1. The molecule has 0 N–H and O–H groups in total. The van der Waals surface area contributed by atoms with E-state index >= 15 is 0 Å². The van der Waals surface area contributed by atoms with Crippen LogP contribution in [0.4, 0.5) is 0 Å². The Balaban J connectivity index is 1.56. The van der Waals surface area contributed by atoms with Crippen LogP contribution in [0.15, 0.2) is 29.2 Å². The standard InChI is InChI=1S/C16H16O2S2/c17-15-11-4-1-2-7-12(11)20-16(18-15)8-13-9-5-3-6-10(9)14(16)19-13/h1-2,4,7,9-10,13-14H,3,5-6,8H2. The van der Waals surface area contributed by atoms with Gasteiger partial charge in [-0.25, -0.2) is 4.79 Å². The Morgan fingerprint density at radius 2 is 2.05 bits per heavy atom. The summed E-state index contributed by atoms with van der Waals surface area (Å²) >= 11 is 3.93. The lowest BCUT2D eigenvalue weighted by atomic mass is 9.80. The van der Waals surface area contributed by atoms with Gasteiger partial charge in [0, 0.05) is 16.6 Å². The molecule has 0 aromatic heterocycles. The average molecular weight is 304 g/mol. The molecule has 4 aliphatic rings. The van der Waals surface area contributed by atoms with Crippen molar-refractivity contribution >= 4 is 29.5 Å². The average Bonchev–Trinajstić information content (AvgIpc) is 3.10. The molecule has 5 unspecified atom stereocenters. The van der Waals surface area contributed by atoms with Crippen molar-refractivity contribution in [2.75, 3.05) is 0 Å². The minimum atomic E-state index is -0.272. The maximum absolute atomic E-state index is 12.4. The van der Waals surface area contributed by atoms with Crippen molar-refractivity contribution in [1.29, 1.82) is 0 Å². The zero-order chi connectivity index (χ0) is 13.3. The van der Waals surface area contributed by atoms with Crippen molar-refractivity contribution in [2.45, 2.75) is 46.0 Å². The molecule has 1 aromatic carbocycles. The number of esters is 1. The van der Waals surface area contributed by atoms with Crippen molar-refractivity contribution in [3.8, 4) is 0 Å². The van der Waals surface area contributed by atoms with Gasteiger partial charge in [0.15, 0.2) is 4.93 Å². The van der Waals surface area contributed by atoms with E-state index in [1.54, 1.807) is 0 Å². The van der Waals surface area contributed by atoms with E-state index in [0.717, 1.165) is 34.0 Å². The number of rotatable bonds is 0. The highest BCUT2D eigenvalue weighted by molar-refractivity contribution is 8.05. The van der Waals surface area contributed by atoms with E-state index in [9.17, 15) is 4.79 Å². The third-order valence-corrected chi connectivity index (χ3v) is 8.85. The molecule has 3 heterocycles. The molecule has 20 heavy (non-hydrogen) atoms. The van der Waals surface area contributed by atoms with Crippen molar-refractivity contribution in [2.24, 2.45) is 11.8 Å². The number of hydrogen-bond donors (Lipinski definition) is 0. The lowest BCUT2D eigenvalue weighted by Gasteiger charge is -2.42. The van der Waals surface area contributed by atoms with Gasteiger partial charge in [-0.05, 0) is 36.8 Å². The van der Waals surface area contributed by atoms with Gasteiger partial charge < -0.3 is 4.74 Å². The van der Waals surface area contributed by atoms with E-state index in [1.807, 2.05) is 30.0 Å². The molecule has 5 rings (SSSR count). The zero-order valence-electron chi connectivity index (χ0n) is 11.1. The first-order valence-electron chi connectivity index (χ1n) is 7.44. The minimum Gasteiger partial charge on any atom is -0.443 e. The molecule has 1 saturated carbocycles. The van der Waals surface area contributed by atoms with Crippen molar-refractivity contribution in [3.63, 3.8) is 0 Å². The van der Waals surface area contributed by atoms with Crippen LogP contribution in [0.2, 0.25) is 0 Å². The van der Waals surface area contributed by atoms with E-state index in [1.165, 1.54) is 19.3 Å². The summed E-state index contributed by atoms with van der Waals surface area (Å²) in [6, 6.07) is 7.90. The first-order valence-corrected chi connectivity index (χ1v) is 9.20. The molecule has 1 aliphatic carbocycles. The first kappa shape index (κ1) is 12.0. The molecule has 104 valence electrons. The van der Waals surface area contributed by atoms with Gasteiger partial charge in [0.05, 0.1) is 10.8 Å². The molecule has 2 saturated heterocycles. The predicted octanol–water partition coefficient (Wildman–Crippen LogP) is 3.95. The predicted molar refractivity (Wildman–Crippen MR) is 81.1 cm³/mol. The Hall–Kier alpha value is -0.610. The van der Waals surface area contributed by atoms with Crippen LogP contribution >= 0.6 is 23.5 Å². The number of hydrogen-bond acceptors (Lipinski definition) is 4. The van der Waals surface area contributed by atoms with E-state index in [-0.39, 0.29) is 10.9 Å². The van der Waals surface area contributed by atoms with Gasteiger partial charge >= 0.3 is 5.97 Å². The minimum absolute atomic E-state index is 0.109. The van der Waals surface area contributed by atoms with Gasteiger partial charge in [-0.2, -0.15) is 0 Å². The topological polar surface area (TPSA) is 26.3 Å². The Bertz CT molecular complexity index is 602. The fraction of sp³-hybridized carbons (Fsp3) is 0.562. The lowest BCUT2D eigenvalue weighted by molar-refractivity contribution is 0.00227. The number of thioether (sulfide) groups is 2. The maximum atomic E-state index is 12.4. The summed E-state index contributed by atoms with van der Waals surface area (Å²) in [5.41, 5.74) is 0.749. The van der Waals surface area contributed by atoms with Gasteiger partial charge in [-0.3, -0.25) is 0 Å². The van der Waals surface area contributed by atoms with Crippen LogP contribution in [0.25, 0.3) is 0 Å². The number of carbonyl (C=O) groups is 1. The van der Waals surface area contributed by atoms with E-state index < -0.39 is 0 Å². The third-order valence-electron chi connectivity index (χ3n) is 5.39. The van der Waals surface area contributed by atoms with E-state index in [2.05, 4.69) is 17.8 Å². The Kier molecular flexibility index (Phi) is 2.38. The number of ether oxygens (including phenoxy) is 1. The van der Waals surface area contributed by atoms with Gasteiger partial charge in [0.25, 0.3) is 0 Å². The van der Waals surface area contributed by atoms with Gasteiger partial charge in [-0.15, -0.1) is 11.8 Å². The highest BCUT2D eigenvalue weighted by atomic mass is 32.2. The molecular weight excluding hydrogens is 288 g/mol. The third kappa shape index (κ3) is 1.42. The zero-order valence-corrected chi connectivity index (χ0v) is 12.7. The molecule has 1 aromatic rings. The second-order valence-electron chi connectivity index (χ2n) is 6.36. The summed E-state index contributed by atoms with van der Waals surface area (Å²) in [4.78, 5) is 13.2. The van der Waals surface area contributed by atoms with Crippen LogP contribution in [-0.4, -0.2) is 21.4 Å². The quantitative estimate of drug-likeness (QED) is 0.678. The largest absolute Gasteiger partial charge is 0.443 e. The molecule has 3 aliphatic heterocycles. The summed E-state index contributed by atoms with van der Waals surface area (Å²) in [6.07, 6.45) is 5.15. The summed E-state index contributed by atoms with van der Waals surface area (Å²) in [7, 11) is 0. The fourth-order valence-electron chi connectivity index (χ4n) is 4.61. The number of fused-ring (bicyclic) bond motifs is 7. The summed E-state index contributed by atoms with van der Waals surface area (Å²) < 4.78 is 6.01. The summed E-state index contributed by atoms with van der Waals surface area (Å²) in [5, 5.41) is 1.24. The fourth-order valence-corrected chi connectivity index (χ4v) is 8.63. The number of carbonyl (C=O) groups excluding carboxylic acids is 1. The van der Waals surface area contributed by atoms with Gasteiger partial charge in [0.1, 0.15) is 0 Å². The van der Waals surface area contributed by atoms with Crippen molar-refractivity contribution in [3.05, 3.63) is 29.8 Å². The van der Waals surface area contributed by atoms with E-state index in [4.69, 9.17) is 4.74 Å². The van der Waals surface area contributed by atoms with Gasteiger partial charge in [0.2, 0.25) is 0 Å². The lowest BCUT2D eigenvalue weighted by Crippen LogP contribution is -2.48. The van der Waals surface area contributed by atoms with Crippen LogP contribution in [0.5, 0.6) is 0 Å². The summed E-state index contributed by atoms with van der Waals surface area (Å²) in [5.74, 6) is 1.57.